The lowest BCUT2D eigenvalue weighted by Crippen LogP contribution is -2.41. The average Bonchev–Trinajstić information content (AvgIpc) is 2.52. The van der Waals surface area contributed by atoms with Gasteiger partial charge in [0.05, 0.1) is 4.90 Å². The van der Waals surface area contributed by atoms with Crippen LogP contribution in [0.1, 0.15) is 5.56 Å². The second-order valence-corrected chi connectivity index (χ2v) is 8.18. The fourth-order valence-electron chi connectivity index (χ4n) is 2.27. The van der Waals surface area contributed by atoms with E-state index in [1.807, 2.05) is 37.2 Å². The van der Waals surface area contributed by atoms with Crippen LogP contribution >= 0.6 is 15.9 Å². The maximum absolute atomic E-state index is 12.5. The lowest BCUT2D eigenvalue weighted by Gasteiger charge is -2.25. The van der Waals surface area contributed by atoms with Gasteiger partial charge in [0, 0.05) is 17.1 Å². The zero-order valence-corrected chi connectivity index (χ0v) is 15.6. The highest BCUT2D eigenvalue weighted by Crippen LogP contribution is 2.21. The van der Waals surface area contributed by atoms with Crippen LogP contribution < -0.4 is 4.72 Å². The lowest BCUT2D eigenvalue weighted by atomic mass is 10.1. The second-order valence-electron chi connectivity index (χ2n) is 5.59. The van der Waals surface area contributed by atoms with E-state index in [0.717, 1.165) is 6.42 Å². The van der Waals surface area contributed by atoms with Crippen LogP contribution in [0.3, 0.4) is 0 Å². The summed E-state index contributed by atoms with van der Waals surface area (Å²) < 4.78 is 28.2. The number of sulfonamides is 1. The third-order valence-electron chi connectivity index (χ3n) is 3.68. The predicted molar refractivity (Wildman–Crippen MR) is 97.0 cm³/mol. The molecule has 2 rings (SSSR count). The molecule has 0 saturated carbocycles. The van der Waals surface area contributed by atoms with Crippen molar-refractivity contribution in [1.29, 1.82) is 0 Å². The minimum atomic E-state index is -3.54. The largest absolute Gasteiger partial charge is 0.305 e. The van der Waals surface area contributed by atoms with Gasteiger partial charge in [-0.1, -0.05) is 42.5 Å². The van der Waals surface area contributed by atoms with Gasteiger partial charge in [-0.3, -0.25) is 0 Å². The Bertz CT molecular complexity index is 733. The van der Waals surface area contributed by atoms with Gasteiger partial charge in [0.15, 0.2) is 0 Å². The summed E-state index contributed by atoms with van der Waals surface area (Å²) in [6, 6.07) is 17.0. The maximum atomic E-state index is 12.5. The van der Waals surface area contributed by atoms with Crippen molar-refractivity contribution in [3.8, 4) is 0 Å². The van der Waals surface area contributed by atoms with E-state index in [4.69, 9.17) is 0 Å². The highest BCUT2D eigenvalue weighted by Gasteiger charge is 2.20. The smallest absolute Gasteiger partial charge is 0.241 e. The van der Waals surface area contributed by atoms with E-state index < -0.39 is 10.0 Å². The van der Waals surface area contributed by atoms with Gasteiger partial charge in [-0.2, -0.15) is 0 Å². The summed E-state index contributed by atoms with van der Waals surface area (Å²) >= 11 is 3.29. The number of hydrogen-bond donors (Lipinski definition) is 1. The summed E-state index contributed by atoms with van der Waals surface area (Å²) in [7, 11) is 0.382. The molecule has 1 N–H and O–H groups in total. The van der Waals surface area contributed by atoms with Gasteiger partial charge >= 0.3 is 0 Å². The lowest BCUT2D eigenvalue weighted by molar-refractivity contribution is 0.291. The monoisotopic (exact) mass is 396 g/mol. The molecular weight excluding hydrogens is 376 g/mol. The van der Waals surface area contributed by atoms with Crippen LogP contribution in [0, 0.1) is 0 Å². The van der Waals surface area contributed by atoms with Gasteiger partial charge in [0.25, 0.3) is 0 Å². The van der Waals surface area contributed by atoms with Crippen molar-refractivity contribution in [2.75, 3.05) is 20.6 Å². The molecule has 6 heteroatoms. The molecular formula is C17H21BrN2O2S. The van der Waals surface area contributed by atoms with Crippen molar-refractivity contribution >= 4 is 26.0 Å². The first-order valence-corrected chi connectivity index (χ1v) is 9.62. The predicted octanol–water partition coefficient (Wildman–Crippen LogP) is 2.90. The number of nitrogens with one attached hydrogen (secondary N) is 1. The molecule has 0 aliphatic carbocycles. The first kappa shape index (κ1) is 18.1. The quantitative estimate of drug-likeness (QED) is 0.782. The summed E-state index contributed by atoms with van der Waals surface area (Å²) in [5.74, 6) is 0. The Hall–Kier alpha value is -1.21. The molecule has 0 bridgehead atoms. The summed E-state index contributed by atoms with van der Waals surface area (Å²) in [4.78, 5) is 2.30. The Morgan fingerprint density at radius 3 is 2.26 bits per heavy atom. The molecule has 0 aliphatic rings. The van der Waals surface area contributed by atoms with Crippen molar-refractivity contribution in [3.05, 3.63) is 64.6 Å². The molecule has 0 spiro atoms. The van der Waals surface area contributed by atoms with Crippen molar-refractivity contribution in [3.63, 3.8) is 0 Å². The zero-order valence-electron chi connectivity index (χ0n) is 13.2. The minimum Gasteiger partial charge on any atom is -0.305 e. The number of nitrogens with zero attached hydrogens (tertiary/aromatic N) is 1. The number of benzene rings is 2. The Balaban J connectivity index is 2.08. The summed E-state index contributed by atoms with van der Waals surface area (Å²) in [5, 5.41) is 0. The fourth-order valence-corrected chi connectivity index (χ4v) is 4.34. The van der Waals surface area contributed by atoms with E-state index in [1.165, 1.54) is 5.56 Å². The van der Waals surface area contributed by atoms with Gasteiger partial charge in [-0.15, -0.1) is 0 Å². The average molecular weight is 397 g/mol. The van der Waals surface area contributed by atoms with E-state index in [-0.39, 0.29) is 10.9 Å². The fraction of sp³-hybridized carbons (Fsp3) is 0.294. The van der Waals surface area contributed by atoms with Crippen molar-refractivity contribution < 1.29 is 8.42 Å². The Kier molecular flexibility index (Phi) is 6.35. The number of rotatable bonds is 7. The topological polar surface area (TPSA) is 49.4 Å². The van der Waals surface area contributed by atoms with Crippen LogP contribution in [0.4, 0.5) is 0 Å². The molecule has 0 heterocycles. The van der Waals surface area contributed by atoms with E-state index in [1.54, 1.807) is 24.3 Å². The van der Waals surface area contributed by atoms with Gasteiger partial charge in [-0.25, -0.2) is 13.1 Å². The Morgan fingerprint density at radius 2 is 1.65 bits per heavy atom. The molecule has 23 heavy (non-hydrogen) atoms. The first-order valence-electron chi connectivity index (χ1n) is 7.34. The van der Waals surface area contributed by atoms with Crippen LogP contribution in [0.25, 0.3) is 0 Å². The van der Waals surface area contributed by atoms with E-state index in [9.17, 15) is 8.42 Å². The molecule has 2 aromatic carbocycles. The van der Waals surface area contributed by atoms with E-state index in [2.05, 4.69) is 32.8 Å². The Morgan fingerprint density at radius 1 is 1.04 bits per heavy atom. The molecule has 0 aliphatic heterocycles. The molecule has 0 aromatic heterocycles. The first-order chi connectivity index (χ1) is 10.9. The summed E-state index contributed by atoms with van der Waals surface area (Å²) in [5.41, 5.74) is 1.19. The molecule has 0 amide bonds. The van der Waals surface area contributed by atoms with Crippen LogP contribution in [0.2, 0.25) is 0 Å². The molecule has 2 aromatic rings. The standard InChI is InChI=1S/C17H21BrN2O2S/c1-20(2)15(12-14-8-4-3-5-9-14)13-19-23(21,22)17-11-7-6-10-16(17)18/h3-11,15,19H,12-13H2,1-2H3. The van der Waals surface area contributed by atoms with Gasteiger partial charge in [0.2, 0.25) is 10.0 Å². The molecule has 0 fully saturated rings. The van der Waals surface area contributed by atoms with Crippen molar-refractivity contribution in [2.24, 2.45) is 0 Å². The molecule has 1 unspecified atom stereocenters. The number of likely N-dealkylation sites (N-methyl/N-ethyl adjacent to an activating group) is 1. The highest BCUT2D eigenvalue weighted by molar-refractivity contribution is 9.10. The van der Waals surface area contributed by atoms with Crippen LogP contribution in [-0.4, -0.2) is 40.0 Å². The van der Waals surface area contributed by atoms with Gasteiger partial charge < -0.3 is 4.90 Å². The molecule has 0 saturated heterocycles. The van der Waals surface area contributed by atoms with Gasteiger partial charge in [-0.05, 0) is 54.1 Å². The summed E-state index contributed by atoms with van der Waals surface area (Å²) in [6.45, 7) is 0.353. The maximum Gasteiger partial charge on any atom is 0.241 e. The third kappa shape index (κ3) is 5.14. The molecule has 1 atom stereocenters. The van der Waals surface area contributed by atoms with Crippen molar-refractivity contribution in [1.82, 2.24) is 9.62 Å². The second kappa shape index (κ2) is 8.06. The molecule has 4 nitrogen and oxygen atoms in total. The van der Waals surface area contributed by atoms with Crippen molar-refractivity contribution in [2.45, 2.75) is 17.4 Å². The highest BCUT2D eigenvalue weighted by atomic mass is 79.9. The number of hydrogen-bond acceptors (Lipinski definition) is 3. The van der Waals surface area contributed by atoms with Crippen LogP contribution in [0.15, 0.2) is 64.0 Å². The van der Waals surface area contributed by atoms with Gasteiger partial charge in [0.1, 0.15) is 0 Å². The molecule has 0 radical (unpaired) electrons. The van der Waals surface area contributed by atoms with Crippen LogP contribution in [-0.2, 0) is 16.4 Å². The molecule has 124 valence electrons. The van der Waals surface area contributed by atoms with Crippen LogP contribution in [0.5, 0.6) is 0 Å². The summed E-state index contributed by atoms with van der Waals surface area (Å²) in [6.07, 6.45) is 0.784. The van der Waals surface area contributed by atoms with E-state index >= 15 is 0 Å². The van der Waals surface area contributed by atoms with E-state index in [0.29, 0.717) is 11.0 Å². The normalized spacial score (nSPS) is 13.2. The SMILES string of the molecule is CN(C)C(CNS(=O)(=O)c1ccccc1Br)Cc1ccccc1. The third-order valence-corrected chi connectivity index (χ3v) is 6.12. The number of halogens is 1. The zero-order chi connectivity index (χ0) is 16.9. The minimum absolute atomic E-state index is 0.0784. The Labute approximate surface area is 146 Å².